The summed E-state index contributed by atoms with van der Waals surface area (Å²) in [6.07, 6.45) is 1.03. The Hall–Kier alpha value is -2.75. The maximum atomic E-state index is 13.0. The Morgan fingerprint density at radius 1 is 1.10 bits per heavy atom. The van der Waals surface area contributed by atoms with E-state index in [4.69, 9.17) is 16.3 Å². The lowest BCUT2D eigenvalue weighted by molar-refractivity contribution is -0.119. The Labute approximate surface area is 181 Å². The normalized spacial score (nSPS) is 11.2. The maximum absolute atomic E-state index is 13.0. The van der Waals surface area contributed by atoms with Gasteiger partial charge in [-0.3, -0.25) is 4.79 Å². The third-order valence-electron chi connectivity index (χ3n) is 3.91. The van der Waals surface area contributed by atoms with Crippen LogP contribution in [-0.4, -0.2) is 33.2 Å². The standard InChI is InChI=1S/C20H15ClFNO5S2/c1-30(26,27)14-6-7-15(21)16(10-14)23-19(24)11-28-20(25)18-9-8-17(29-18)12-2-4-13(22)5-3-12/h2-10H,11H2,1H3,(H,23,24). The Balaban J connectivity index is 1.61. The number of carbonyl (C=O) groups excluding carboxylic acids is 2. The maximum Gasteiger partial charge on any atom is 0.348 e. The van der Waals surface area contributed by atoms with Crippen molar-refractivity contribution in [1.82, 2.24) is 0 Å². The molecule has 1 aromatic heterocycles. The molecule has 1 heterocycles. The largest absolute Gasteiger partial charge is 0.451 e. The lowest BCUT2D eigenvalue weighted by Crippen LogP contribution is -2.21. The van der Waals surface area contributed by atoms with Gasteiger partial charge in [-0.1, -0.05) is 23.7 Å². The van der Waals surface area contributed by atoms with E-state index in [-0.39, 0.29) is 26.3 Å². The first-order valence-corrected chi connectivity index (χ1v) is 11.5. The van der Waals surface area contributed by atoms with Crippen LogP contribution < -0.4 is 5.32 Å². The van der Waals surface area contributed by atoms with E-state index in [2.05, 4.69) is 5.32 Å². The van der Waals surface area contributed by atoms with Crippen molar-refractivity contribution in [3.63, 3.8) is 0 Å². The molecule has 30 heavy (non-hydrogen) atoms. The van der Waals surface area contributed by atoms with Crippen LogP contribution in [0.25, 0.3) is 10.4 Å². The monoisotopic (exact) mass is 467 g/mol. The van der Waals surface area contributed by atoms with Gasteiger partial charge in [-0.25, -0.2) is 17.6 Å². The van der Waals surface area contributed by atoms with E-state index in [9.17, 15) is 22.4 Å². The highest BCUT2D eigenvalue weighted by Crippen LogP contribution is 2.29. The highest BCUT2D eigenvalue weighted by molar-refractivity contribution is 7.90. The van der Waals surface area contributed by atoms with Gasteiger partial charge in [0.05, 0.1) is 15.6 Å². The number of nitrogens with one attached hydrogen (secondary N) is 1. The van der Waals surface area contributed by atoms with E-state index in [1.807, 2.05) is 0 Å². The molecule has 10 heteroatoms. The van der Waals surface area contributed by atoms with Gasteiger partial charge in [0.25, 0.3) is 5.91 Å². The van der Waals surface area contributed by atoms with Gasteiger partial charge in [0.15, 0.2) is 16.4 Å². The number of amides is 1. The quantitative estimate of drug-likeness (QED) is 0.542. The van der Waals surface area contributed by atoms with Crippen LogP contribution in [0.5, 0.6) is 0 Å². The number of sulfone groups is 1. The van der Waals surface area contributed by atoms with Crippen LogP contribution in [0.4, 0.5) is 10.1 Å². The smallest absolute Gasteiger partial charge is 0.348 e. The first-order chi connectivity index (χ1) is 14.1. The minimum atomic E-state index is -3.48. The van der Waals surface area contributed by atoms with Crippen molar-refractivity contribution in [3.8, 4) is 10.4 Å². The van der Waals surface area contributed by atoms with E-state index in [1.165, 1.54) is 30.3 Å². The summed E-state index contributed by atoms with van der Waals surface area (Å²) in [5, 5.41) is 2.56. The van der Waals surface area contributed by atoms with E-state index in [0.29, 0.717) is 0 Å². The molecule has 0 aliphatic carbocycles. The molecule has 0 saturated heterocycles. The highest BCUT2D eigenvalue weighted by atomic mass is 35.5. The van der Waals surface area contributed by atoms with Crippen molar-refractivity contribution in [2.24, 2.45) is 0 Å². The van der Waals surface area contributed by atoms with Crippen molar-refractivity contribution in [3.05, 3.63) is 70.3 Å². The molecule has 0 aliphatic heterocycles. The first-order valence-electron chi connectivity index (χ1n) is 8.46. The van der Waals surface area contributed by atoms with Crippen molar-refractivity contribution in [1.29, 1.82) is 0 Å². The third kappa shape index (κ3) is 5.44. The summed E-state index contributed by atoms with van der Waals surface area (Å²) in [4.78, 5) is 25.3. The van der Waals surface area contributed by atoms with Gasteiger partial charge in [-0.2, -0.15) is 0 Å². The Kier molecular flexibility index (Phi) is 6.55. The van der Waals surface area contributed by atoms with Crippen molar-refractivity contribution in [2.75, 3.05) is 18.2 Å². The number of esters is 1. The topological polar surface area (TPSA) is 89.5 Å². The van der Waals surface area contributed by atoms with E-state index in [1.54, 1.807) is 24.3 Å². The molecule has 6 nitrogen and oxygen atoms in total. The van der Waals surface area contributed by atoms with Crippen molar-refractivity contribution in [2.45, 2.75) is 4.90 Å². The molecule has 2 aromatic carbocycles. The van der Waals surface area contributed by atoms with Crippen LogP contribution >= 0.6 is 22.9 Å². The fraction of sp³-hybridized carbons (Fsp3) is 0.100. The molecule has 3 rings (SSSR count). The van der Waals surface area contributed by atoms with Crippen LogP contribution in [0.3, 0.4) is 0 Å². The second kappa shape index (κ2) is 8.95. The number of rotatable bonds is 6. The second-order valence-electron chi connectivity index (χ2n) is 6.21. The average molecular weight is 468 g/mol. The SMILES string of the molecule is CS(=O)(=O)c1ccc(Cl)c(NC(=O)COC(=O)c2ccc(-c3ccc(F)cc3)s2)c1. The third-order valence-corrected chi connectivity index (χ3v) is 6.46. The van der Waals surface area contributed by atoms with Crippen LogP contribution in [0.1, 0.15) is 9.67 Å². The molecule has 0 saturated carbocycles. The first kappa shape index (κ1) is 21.9. The number of hydrogen-bond donors (Lipinski definition) is 1. The molecule has 1 N–H and O–H groups in total. The number of ether oxygens (including phenoxy) is 1. The van der Waals surface area contributed by atoms with Crippen LogP contribution in [0.15, 0.2) is 59.5 Å². The van der Waals surface area contributed by atoms with Gasteiger partial charge < -0.3 is 10.1 Å². The van der Waals surface area contributed by atoms with Gasteiger partial charge in [0.2, 0.25) is 0 Å². The molecule has 0 aliphatic rings. The molecule has 0 radical (unpaired) electrons. The Morgan fingerprint density at radius 3 is 2.47 bits per heavy atom. The zero-order valence-electron chi connectivity index (χ0n) is 15.5. The summed E-state index contributed by atoms with van der Waals surface area (Å²) < 4.78 is 41.3. The summed E-state index contributed by atoms with van der Waals surface area (Å²) in [6, 6.07) is 13.0. The van der Waals surface area contributed by atoms with Gasteiger partial charge >= 0.3 is 5.97 Å². The molecule has 0 unspecified atom stereocenters. The highest BCUT2D eigenvalue weighted by Gasteiger charge is 2.16. The summed E-state index contributed by atoms with van der Waals surface area (Å²) >= 11 is 7.13. The molecule has 3 aromatic rings. The number of hydrogen-bond acceptors (Lipinski definition) is 6. The Bertz CT molecular complexity index is 1210. The fourth-order valence-corrected chi connectivity index (χ4v) is 4.15. The average Bonchev–Trinajstić information content (AvgIpc) is 3.18. The molecule has 0 atom stereocenters. The molecular formula is C20H15ClFNO5S2. The Morgan fingerprint density at radius 2 is 1.80 bits per heavy atom. The van der Waals surface area contributed by atoms with E-state index < -0.39 is 28.3 Å². The van der Waals surface area contributed by atoms with Crippen molar-refractivity contribution < 1.29 is 27.1 Å². The molecule has 0 bridgehead atoms. The zero-order chi connectivity index (χ0) is 21.9. The molecular weight excluding hydrogens is 453 g/mol. The number of halogens is 2. The molecule has 0 fully saturated rings. The van der Waals surface area contributed by atoms with Gasteiger partial charge in [0, 0.05) is 11.1 Å². The summed E-state index contributed by atoms with van der Waals surface area (Å²) in [7, 11) is -3.48. The lowest BCUT2D eigenvalue weighted by Gasteiger charge is -2.09. The minimum absolute atomic E-state index is 0.00824. The van der Waals surface area contributed by atoms with Gasteiger partial charge in [-0.15, -0.1) is 11.3 Å². The van der Waals surface area contributed by atoms with Gasteiger partial charge in [0.1, 0.15) is 10.7 Å². The lowest BCUT2D eigenvalue weighted by atomic mass is 10.2. The molecule has 1 amide bonds. The van der Waals surface area contributed by atoms with Crippen LogP contribution in [0, 0.1) is 5.82 Å². The number of anilines is 1. The number of benzene rings is 2. The predicted molar refractivity (Wildman–Crippen MR) is 113 cm³/mol. The minimum Gasteiger partial charge on any atom is -0.451 e. The molecule has 0 spiro atoms. The van der Waals surface area contributed by atoms with E-state index >= 15 is 0 Å². The summed E-state index contributed by atoms with van der Waals surface area (Å²) in [5.41, 5.74) is 0.842. The van der Waals surface area contributed by atoms with Gasteiger partial charge in [-0.05, 0) is 48.0 Å². The van der Waals surface area contributed by atoms with Crippen molar-refractivity contribution >= 4 is 50.3 Å². The molecule has 156 valence electrons. The predicted octanol–water partition coefficient (Wildman–Crippen LogP) is 4.41. The summed E-state index contributed by atoms with van der Waals surface area (Å²) in [5.74, 6) is -1.73. The van der Waals surface area contributed by atoms with Crippen LogP contribution in [-0.2, 0) is 19.4 Å². The number of thiophene rings is 1. The van der Waals surface area contributed by atoms with Crippen LogP contribution in [0.2, 0.25) is 5.02 Å². The van der Waals surface area contributed by atoms with E-state index in [0.717, 1.165) is 28.0 Å². The second-order valence-corrected chi connectivity index (χ2v) is 9.72. The number of carbonyl (C=O) groups is 2. The summed E-state index contributed by atoms with van der Waals surface area (Å²) in [6.45, 7) is -0.581. The zero-order valence-corrected chi connectivity index (χ0v) is 17.9. The fourth-order valence-electron chi connectivity index (χ4n) is 2.44.